The predicted molar refractivity (Wildman–Crippen MR) is 126 cm³/mol. The molecule has 0 radical (unpaired) electrons. The Kier molecular flexibility index (Phi) is 7.35. The lowest BCUT2D eigenvalue weighted by Gasteiger charge is -2.33. The van der Waals surface area contributed by atoms with Gasteiger partial charge in [0.25, 0.3) is 5.91 Å². The lowest BCUT2D eigenvalue weighted by molar-refractivity contribution is -0.149. The van der Waals surface area contributed by atoms with E-state index in [9.17, 15) is 36.3 Å². The van der Waals surface area contributed by atoms with Crippen LogP contribution in [0.2, 0.25) is 0 Å². The van der Waals surface area contributed by atoms with Crippen LogP contribution in [0.15, 0.2) is 23.0 Å². The zero-order chi connectivity index (χ0) is 28.7. The summed E-state index contributed by atoms with van der Waals surface area (Å²) in [6.45, 7) is -0.753. The molecule has 2 aliphatic carbocycles. The highest BCUT2D eigenvalue weighted by Crippen LogP contribution is 2.41. The molecule has 40 heavy (non-hydrogen) atoms. The summed E-state index contributed by atoms with van der Waals surface area (Å²) in [4.78, 5) is 43.4. The average Bonchev–Trinajstić information content (AvgIpc) is 3.48. The van der Waals surface area contributed by atoms with Gasteiger partial charge in [-0.15, -0.1) is 0 Å². The number of carbonyl (C=O) groups excluding carboxylic acids is 3. The van der Waals surface area contributed by atoms with E-state index in [1.807, 2.05) is 5.32 Å². The van der Waals surface area contributed by atoms with Crippen LogP contribution in [0.5, 0.6) is 0 Å². The number of halogens is 5. The Morgan fingerprint density at radius 2 is 1.90 bits per heavy atom. The van der Waals surface area contributed by atoms with Crippen LogP contribution < -0.4 is 16.0 Å². The molecule has 0 spiro atoms. The first-order chi connectivity index (χ1) is 18.9. The molecule has 2 atom stereocenters. The smallest absolute Gasteiger partial charge is 0.338 e. The van der Waals surface area contributed by atoms with Gasteiger partial charge in [-0.2, -0.15) is 13.2 Å². The first-order valence-electron chi connectivity index (χ1n) is 12.8. The highest BCUT2D eigenvalue weighted by atomic mass is 19.4. The number of rotatable bonds is 8. The minimum Gasteiger partial charge on any atom is -0.338 e. The number of carbonyl (C=O) groups is 3. The molecule has 2 aromatic heterocycles. The zero-order valence-corrected chi connectivity index (χ0v) is 21.0. The molecule has 2 saturated carbocycles. The third-order valence-corrected chi connectivity index (χ3v) is 7.33. The highest BCUT2D eigenvalue weighted by molar-refractivity contribution is 6.00. The van der Waals surface area contributed by atoms with E-state index >= 15 is 0 Å². The molecule has 3 heterocycles. The first kappa shape index (κ1) is 27.7. The number of hydrogen-bond acceptors (Lipinski definition) is 7. The molecule has 0 aromatic carbocycles. The van der Waals surface area contributed by atoms with Crippen molar-refractivity contribution >= 4 is 23.7 Å². The number of pyridine rings is 1. The van der Waals surface area contributed by atoms with Crippen molar-refractivity contribution in [3.05, 3.63) is 35.3 Å². The molecular weight excluding hydrogens is 545 g/mol. The van der Waals surface area contributed by atoms with Gasteiger partial charge in [-0.3, -0.25) is 9.59 Å². The summed E-state index contributed by atoms with van der Waals surface area (Å²) in [6.07, 6.45) is -2.58. The van der Waals surface area contributed by atoms with Gasteiger partial charge in [0.15, 0.2) is 5.69 Å². The van der Waals surface area contributed by atoms with E-state index in [-0.39, 0.29) is 36.8 Å². The van der Waals surface area contributed by atoms with Gasteiger partial charge < -0.3 is 20.9 Å². The van der Waals surface area contributed by atoms with Crippen LogP contribution in [-0.2, 0) is 11.3 Å². The fourth-order valence-corrected chi connectivity index (χ4v) is 4.96. The van der Waals surface area contributed by atoms with E-state index in [0.29, 0.717) is 11.3 Å². The van der Waals surface area contributed by atoms with Crippen molar-refractivity contribution in [1.29, 1.82) is 0 Å². The number of alkyl halides is 5. The molecule has 3 fully saturated rings. The zero-order valence-electron chi connectivity index (χ0n) is 21.0. The van der Waals surface area contributed by atoms with Crippen LogP contribution in [0.3, 0.4) is 0 Å². The van der Waals surface area contributed by atoms with E-state index in [1.165, 1.54) is 18.3 Å². The van der Waals surface area contributed by atoms with Gasteiger partial charge in [0.05, 0.1) is 6.54 Å². The second kappa shape index (κ2) is 10.6. The minimum atomic E-state index is -4.59. The van der Waals surface area contributed by atoms with Gasteiger partial charge in [0, 0.05) is 31.5 Å². The molecule has 1 aliphatic heterocycles. The van der Waals surface area contributed by atoms with Crippen LogP contribution in [-0.4, -0.2) is 68.8 Å². The molecule has 0 unspecified atom stereocenters. The second-order valence-corrected chi connectivity index (χ2v) is 10.4. The lowest BCUT2D eigenvalue weighted by atomic mass is 9.81. The summed E-state index contributed by atoms with van der Waals surface area (Å²) in [7, 11) is 0. The maximum atomic E-state index is 13.8. The number of nitrogens with one attached hydrogen (secondary N) is 3. The number of anilines is 1. The van der Waals surface area contributed by atoms with Crippen molar-refractivity contribution in [2.45, 2.75) is 75.2 Å². The number of aromatic nitrogens is 3. The third-order valence-electron chi connectivity index (χ3n) is 7.33. The van der Waals surface area contributed by atoms with Gasteiger partial charge >= 0.3 is 12.2 Å². The summed E-state index contributed by atoms with van der Waals surface area (Å²) >= 11 is 0. The van der Waals surface area contributed by atoms with Gasteiger partial charge in [-0.25, -0.2) is 23.2 Å². The number of amides is 4. The molecule has 16 heteroatoms. The highest BCUT2D eigenvalue weighted by Gasteiger charge is 2.47. The maximum absolute atomic E-state index is 13.8. The van der Waals surface area contributed by atoms with E-state index in [1.54, 1.807) is 0 Å². The van der Waals surface area contributed by atoms with Crippen LogP contribution in [0.4, 0.5) is 32.6 Å². The molecule has 5 rings (SSSR count). The fourth-order valence-electron chi connectivity index (χ4n) is 4.96. The minimum absolute atomic E-state index is 0.0108. The van der Waals surface area contributed by atoms with Crippen LogP contribution in [0.1, 0.15) is 66.2 Å². The summed E-state index contributed by atoms with van der Waals surface area (Å²) in [5, 5.41) is 14.5. The molecule has 3 aliphatic rings. The summed E-state index contributed by atoms with van der Waals surface area (Å²) in [5.74, 6) is -4.86. The second-order valence-electron chi connectivity index (χ2n) is 10.4. The molecular formula is C24H26F5N7O4. The topological polar surface area (TPSA) is 142 Å². The van der Waals surface area contributed by atoms with Gasteiger partial charge in [0.1, 0.15) is 23.6 Å². The van der Waals surface area contributed by atoms with Gasteiger partial charge in [0.2, 0.25) is 11.8 Å². The summed E-state index contributed by atoms with van der Waals surface area (Å²) < 4.78 is 71.3. The van der Waals surface area contributed by atoms with E-state index < -0.39 is 67.3 Å². The fraction of sp³-hybridized carbons (Fsp3) is 0.583. The quantitative estimate of drug-likeness (QED) is 0.413. The van der Waals surface area contributed by atoms with E-state index in [0.717, 1.165) is 17.7 Å². The summed E-state index contributed by atoms with van der Waals surface area (Å²) in [6, 6.07) is -1.23. The van der Waals surface area contributed by atoms with Gasteiger partial charge in [-0.1, -0.05) is 5.16 Å². The standard InChI is InChI=1S/C24H26F5N7O4/c25-23(26)6-3-14(4-7-23)18(33-21(38)19-17(13-1-2-13)34-40-35-19)20(37)32-16-9-12(5-8-30-16)10-36-11-15(24(27,28)29)31-22(36)39/h5,8-9,13-15,18H,1-4,6-7,10-11H2,(H,31,39)(H,33,38)(H,30,32,37)/t15-,18-/m0/s1. The van der Waals surface area contributed by atoms with E-state index in [4.69, 9.17) is 4.63 Å². The normalized spacial score (nSPS) is 22.1. The number of nitrogens with zero attached hydrogens (tertiary/aromatic N) is 4. The number of hydrogen-bond donors (Lipinski definition) is 3. The van der Waals surface area contributed by atoms with Gasteiger partial charge in [-0.05, 0) is 54.5 Å². The lowest BCUT2D eigenvalue weighted by Crippen LogP contribution is -2.50. The monoisotopic (exact) mass is 571 g/mol. The molecule has 216 valence electrons. The Morgan fingerprint density at radius 3 is 2.55 bits per heavy atom. The maximum Gasteiger partial charge on any atom is 0.410 e. The van der Waals surface area contributed by atoms with Crippen LogP contribution in [0, 0.1) is 5.92 Å². The third kappa shape index (κ3) is 6.31. The molecule has 4 amide bonds. The molecule has 1 saturated heterocycles. The Hall–Kier alpha value is -3.85. The largest absolute Gasteiger partial charge is 0.410 e. The average molecular weight is 572 g/mol. The predicted octanol–water partition coefficient (Wildman–Crippen LogP) is 3.36. The van der Waals surface area contributed by atoms with Crippen molar-refractivity contribution in [2.24, 2.45) is 5.92 Å². The Labute approximate surface area is 224 Å². The van der Waals surface area contributed by atoms with Crippen molar-refractivity contribution in [1.82, 2.24) is 30.8 Å². The molecule has 3 N–H and O–H groups in total. The van der Waals surface area contributed by atoms with E-state index in [2.05, 4.69) is 25.9 Å². The van der Waals surface area contributed by atoms with Crippen LogP contribution >= 0.6 is 0 Å². The first-order valence-corrected chi connectivity index (χ1v) is 12.8. The summed E-state index contributed by atoms with van der Waals surface area (Å²) in [5.41, 5.74) is 0.700. The van der Waals surface area contributed by atoms with Crippen molar-refractivity contribution < 1.29 is 41.0 Å². The number of urea groups is 1. The Bertz CT molecular complexity index is 1270. The molecule has 2 aromatic rings. The Morgan fingerprint density at radius 1 is 1.18 bits per heavy atom. The van der Waals surface area contributed by atoms with Crippen molar-refractivity contribution in [2.75, 3.05) is 11.9 Å². The molecule has 0 bridgehead atoms. The van der Waals surface area contributed by atoms with Crippen molar-refractivity contribution in [3.8, 4) is 0 Å². The van der Waals surface area contributed by atoms with Crippen molar-refractivity contribution in [3.63, 3.8) is 0 Å². The Balaban J connectivity index is 1.29. The SMILES string of the molecule is O=C(N[C@H](C(=O)Nc1cc(CN2C[C@@H](C(F)(F)F)NC2=O)ccn1)C1CCC(F)(F)CC1)c1nonc1C1CC1. The molecule has 11 nitrogen and oxygen atoms in total. The van der Waals surface area contributed by atoms with Crippen LogP contribution in [0.25, 0.3) is 0 Å².